The van der Waals surface area contributed by atoms with E-state index in [-0.39, 0.29) is 23.9 Å². The largest absolute Gasteiger partial charge is 0.497 e. The molecule has 1 heterocycles. The molecule has 0 spiro atoms. The van der Waals surface area contributed by atoms with E-state index in [0.29, 0.717) is 33.7 Å². The maximum Gasteiger partial charge on any atom is 0.217 e. The molecule has 25 heavy (non-hydrogen) atoms. The lowest BCUT2D eigenvalue weighted by Crippen LogP contribution is -2.14. The number of nitrogens with one attached hydrogen (secondary N) is 1. The van der Waals surface area contributed by atoms with Crippen molar-refractivity contribution in [3.8, 4) is 11.5 Å². The van der Waals surface area contributed by atoms with Crippen LogP contribution in [0.15, 0.2) is 40.8 Å². The Morgan fingerprint density at radius 1 is 1.16 bits per heavy atom. The summed E-state index contributed by atoms with van der Waals surface area (Å²) in [4.78, 5) is 12.5. The molecule has 0 bridgehead atoms. The molecule has 0 aliphatic heterocycles. The van der Waals surface area contributed by atoms with Gasteiger partial charge in [0.15, 0.2) is 5.76 Å². The van der Waals surface area contributed by atoms with Crippen LogP contribution in [0.5, 0.6) is 11.5 Å². The maximum atomic E-state index is 13.4. The minimum atomic E-state index is -0.364. The fraction of sp³-hybridized carbons (Fsp3) is 0.211. The van der Waals surface area contributed by atoms with Crippen molar-refractivity contribution in [1.29, 1.82) is 0 Å². The molecular formula is C19H18FNO4. The van der Waals surface area contributed by atoms with Gasteiger partial charge >= 0.3 is 0 Å². The molecule has 1 N–H and O–H groups in total. The zero-order chi connectivity index (χ0) is 18.0. The van der Waals surface area contributed by atoms with Crippen molar-refractivity contribution >= 4 is 22.4 Å². The van der Waals surface area contributed by atoms with Crippen LogP contribution in [0.2, 0.25) is 0 Å². The number of carbonyl (C=O) groups excluding carboxylic acids is 1. The van der Waals surface area contributed by atoms with Gasteiger partial charge in [0.2, 0.25) is 5.78 Å². The van der Waals surface area contributed by atoms with E-state index in [2.05, 4.69) is 5.32 Å². The molecule has 0 atom stereocenters. The second-order valence-electron chi connectivity index (χ2n) is 5.54. The van der Waals surface area contributed by atoms with Crippen LogP contribution in [-0.2, 0) is 0 Å². The van der Waals surface area contributed by atoms with Gasteiger partial charge in [-0.05, 0) is 37.3 Å². The van der Waals surface area contributed by atoms with Crippen LogP contribution in [0, 0.1) is 12.7 Å². The third kappa shape index (κ3) is 3.28. The van der Waals surface area contributed by atoms with E-state index in [4.69, 9.17) is 13.9 Å². The molecule has 0 fully saturated rings. The van der Waals surface area contributed by atoms with Gasteiger partial charge < -0.3 is 19.2 Å². The summed E-state index contributed by atoms with van der Waals surface area (Å²) in [5.41, 5.74) is 1.78. The standard InChI is InChI=1S/C19H18FNO4/c1-11-14-8-12(20)4-7-17(14)25-19(11)16(22)10-21-15-6-5-13(23-2)9-18(15)24-3/h4-9,21H,10H2,1-3H3. The summed E-state index contributed by atoms with van der Waals surface area (Å²) < 4.78 is 29.4. The first-order valence-electron chi connectivity index (χ1n) is 7.71. The average molecular weight is 343 g/mol. The number of rotatable bonds is 6. The highest BCUT2D eigenvalue weighted by molar-refractivity contribution is 6.02. The highest BCUT2D eigenvalue weighted by atomic mass is 19.1. The molecule has 0 amide bonds. The number of ketones is 1. The summed E-state index contributed by atoms with van der Waals surface area (Å²) >= 11 is 0. The third-order valence-electron chi connectivity index (χ3n) is 4.00. The molecule has 1 aromatic heterocycles. The molecule has 0 aliphatic carbocycles. The van der Waals surface area contributed by atoms with E-state index in [1.807, 2.05) is 0 Å². The Hall–Kier alpha value is -3.02. The van der Waals surface area contributed by atoms with Crippen LogP contribution < -0.4 is 14.8 Å². The fourth-order valence-corrected chi connectivity index (χ4v) is 2.66. The zero-order valence-electron chi connectivity index (χ0n) is 14.2. The number of anilines is 1. The summed E-state index contributed by atoms with van der Waals surface area (Å²) in [5, 5.41) is 3.63. The van der Waals surface area contributed by atoms with Gasteiger partial charge in [-0.3, -0.25) is 4.79 Å². The summed E-state index contributed by atoms with van der Waals surface area (Å²) in [7, 11) is 3.11. The first kappa shape index (κ1) is 16.8. The number of hydrogen-bond donors (Lipinski definition) is 1. The van der Waals surface area contributed by atoms with Crippen molar-refractivity contribution in [3.05, 3.63) is 53.5 Å². The Balaban J connectivity index is 1.80. The summed E-state index contributed by atoms with van der Waals surface area (Å²) in [6.45, 7) is 1.76. The molecular weight excluding hydrogens is 325 g/mol. The van der Waals surface area contributed by atoms with Crippen LogP contribution in [-0.4, -0.2) is 26.5 Å². The van der Waals surface area contributed by atoms with Gasteiger partial charge in [0.05, 0.1) is 26.5 Å². The molecule has 0 radical (unpaired) electrons. The number of Topliss-reactive ketones (excluding diaryl/α,β-unsaturated/α-hetero) is 1. The number of furan rings is 1. The van der Waals surface area contributed by atoms with Crippen LogP contribution in [0.4, 0.5) is 10.1 Å². The summed E-state index contributed by atoms with van der Waals surface area (Å²) in [6.07, 6.45) is 0. The van der Waals surface area contributed by atoms with Crippen LogP contribution in [0.1, 0.15) is 16.1 Å². The van der Waals surface area contributed by atoms with Gasteiger partial charge in [0, 0.05) is 17.0 Å². The van der Waals surface area contributed by atoms with Crippen LogP contribution >= 0.6 is 0 Å². The topological polar surface area (TPSA) is 60.7 Å². The Morgan fingerprint density at radius 3 is 2.68 bits per heavy atom. The predicted octanol–water partition coefficient (Wildman–Crippen LogP) is 4.19. The number of ether oxygens (including phenoxy) is 2. The van der Waals surface area contributed by atoms with E-state index in [0.717, 1.165) is 0 Å². The Kier molecular flexibility index (Phi) is 4.61. The molecule has 0 unspecified atom stereocenters. The van der Waals surface area contributed by atoms with Crippen LogP contribution in [0.25, 0.3) is 11.0 Å². The van der Waals surface area contributed by atoms with Crippen LogP contribution in [0.3, 0.4) is 0 Å². The highest BCUT2D eigenvalue weighted by Crippen LogP contribution is 2.30. The highest BCUT2D eigenvalue weighted by Gasteiger charge is 2.18. The number of carbonyl (C=O) groups is 1. The molecule has 2 aromatic carbocycles. The monoisotopic (exact) mass is 343 g/mol. The van der Waals surface area contributed by atoms with E-state index in [1.165, 1.54) is 18.2 Å². The predicted molar refractivity (Wildman–Crippen MR) is 93.3 cm³/mol. The Labute approximate surface area is 144 Å². The maximum absolute atomic E-state index is 13.4. The molecule has 5 nitrogen and oxygen atoms in total. The van der Waals surface area contributed by atoms with Crippen molar-refractivity contribution in [2.75, 3.05) is 26.1 Å². The minimum absolute atomic E-state index is 0.0197. The number of methoxy groups -OCH3 is 2. The smallest absolute Gasteiger partial charge is 0.217 e. The van der Waals surface area contributed by atoms with E-state index in [9.17, 15) is 9.18 Å². The third-order valence-corrected chi connectivity index (χ3v) is 4.00. The number of halogens is 1. The van der Waals surface area contributed by atoms with Crippen molar-refractivity contribution in [2.45, 2.75) is 6.92 Å². The average Bonchev–Trinajstić information content (AvgIpc) is 2.96. The zero-order valence-corrected chi connectivity index (χ0v) is 14.2. The van der Waals surface area contributed by atoms with Gasteiger partial charge in [0.1, 0.15) is 22.9 Å². The molecule has 3 rings (SSSR count). The molecule has 0 aliphatic rings. The van der Waals surface area contributed by atoms with Gasteiger partial charge in [-0.25, -0.2) is 4.39 Å². The lowest BCUT2D eigenvalue weighted by molar-refractivity contribution is 0.0981. The quantitative estimate of drug-likeness (QED) is 0.680. The van der Waals surface area contributed by atoms with E-state index >= 15 is 0 Å². The van der Waals surface area contributed by atoms with Gasteiger partial charge in [-0.1, -0.05) is 0 Å². The molecule has 130 valence electrons. The molecule has 6 heteroatoms. The molecule has 0 saturated carbocycles. The van der Waals surface area contributed by atoms with Crippen molar-refractivity contribution < 1.29 is 23.1 Å². The first-order valence-corrected chi connectivity index (χ1v) is 7.71. The number of fused-ring (bicyclic) bond motifs is 1. The van der Waals surface area contributed by atoms with E-state index < -0.39 is 0 Å². The number of hydrogen-bond acceptors (Lipinski definition) is 5. The molecule has 3 aromatic rings. The second-order valence-corrected chi connectivity index (χ2v) is 5.54. The second kappa shape index (κ2) is 6.84. The lowest BCUT2D eigenvalue weighted by atomic mass is 10.1. The van der Waals surface area contributed by atoms with Gasteiger partial charge in [-0.15, -0.1) is 0 Å². The molecule has 0 saturated heterocycles. The summed E-state index contributed by atoms with van der Waals surface area (Å²) in [5.74, 6) is 0.850. The SMILES string of the molecule is COc1ccc(NCC(=O)c2oc3ccc(F)cc3c2C)c(OC)c1. The summed E-state index contributed by atoms with van der Waals surface area (Å²) in [6, 6.07) is 9.46. The van der Waals surface area contributed by atoms with E-state index in [1.54, 1.807) is 39.3 Å². The fourth-order valence-electron chi connectivity index (χ4n) is 2.66. The van der Waals surface area contributed by atoms with Crippen molar-refractivity contribution in [2.24, 2.45) is 0 Å². The number of benzene rings is 2. The number of aryl methyl sites for hydroxylation is 1. The Bertz CT molecular complexity index is 933. The minimum Gasteiger partial charge on any atom is -0.497 e. The first-order chi connectivity index (χ1) is 12.0. The van der Waals surface area contributed by atoms with Crippen molar-refractivity contribution in [3.63, 3.8) is 0 Å². The van der Waals surface area contributed by atoms with Gasteiger partial charge in [0.25, 0.3) is 0 Å². The van der Waals surface area contributed by atoms with Crippen molar-refractivity contribution in [1.82, 2.24) is 0 Å². The van der Waals surface area contributed by atoms with Gasteiger partial charge in [-0.2, -0.15) is 0 Å². The normalized spacial score (nSPS) is 10.7. The Morgan fingerprint density at radius 2 is 1.96 bits per heavy atom. The lowest BCUT2D eigenvalue weighted by Gasteiger charge is -2.11.